The van der Waals surface area contributed by atoms with Crippen molar-refractivity contribution in [1.82, 2.24) is 10.2 Å². The van der Waals surface area contributed by atoms with Crippen LogP contribution in [0.4, 0.5) is 9.18 Å². The van der Waals surface area contributed by atoms with Gasteiger partial charge in [-0.15, -0.1) is 0 Å². The molecule has 23 heavy (non-hydrogen) atoms. The van der Waals surface area contributed by atoms with Crippen molar-refractivity contribution in [3.05, 3.63) is 35.6 Å². The van der Waals surface area contributed by atoms with Crippen molar-refractivity contribution in [2.75, 3.05) is 19.7 Å². The van der Waals surface area contributed by atoms with Crippen molar-refractivity contribution in [2.45, 2.75) is 38.6 Å². The average Bonchev–Trinajstić information content (AvgIpc) is 2.55. The van der Waals surface area contributed by atoms with Crippen LogP contribution in [0.15, 0.2) is 24.3 Å². The zero-order valence-electron chi connectivity index (χ0n) is 13.4. The van der Waals surface area contributed by atoms with E-state index in [-0.39, 0.29) is 23.9 Å². The third-order valence-corrected chi connectivity index (χ3v) is 3.94. The van der Waals surface area contributed by atoms with Gasteiger partial charge in [-0.3, -0.25) is 4.79 Å². The summed E-state index contributed by atoms with van der Waals surface area (Å²) in [5.41, 5.74) is 0.943. The standard InChI is InChI=1S/C17H23FN2O3/c1-2-23-17(22)20-11-9-15(10-12-20)19-16(21)8-5-13-3-6-14(18)7-4-13/h3-4,6-7,15H,2,5,8-12H2,1H3,(H,19,21). The zero-order valence-corrected chi connectivity index (χ0v) is 13.4. The molecule has 6 heteroatoms. The van der Waals surface area contributed by atoms with E-state index in [0.717, 1.165) is 18.4 Å². The number of carbonyl (C=O) groups excluding carboxylic acids is 2. The Labute approximate surface area is 135 Å². The fourth-order valence-corrected chi connectivity index (χ4v) is 2.63. The van der Waals surface area contributed by atoms with Gasteiger partial charge in [-0.25, -0.2) is 9.18 Å². The van der Waals surface area contributed by atoms with Gasteiger partial charge in [0.15, 0.2) is 0 Å². The predicted molar refractivity (Wildman–Crippen MR) is 84.5 cm³/mol. The van der Waals surface area contributed by atoms with Gasteiger partial charge in [0, 0.05) is 25.6 Å². The van der Waals surface area contributed by atoms with E-state index in [1.165, 1.54) is 12.1 Å². The van der Waals surface area contributed by atoms with Crippen molar-refractivity contribution in [3.8, 4) is 0 Å². The Morgan fingerprint density at radius 2 is 1.91 bits per heavy atom. The molecule has 1 aliphatic rings. The number of nitrogens with zero attached hydrogens (tertiary/aromatic N) is 1. The van der Waals surface area contributed by atoms with Gasteiger partial charge in [-0.1, -0.05) is 12.1 Å². The van der Waals surface area contributed by atoms with Crippen LogP contribution >= 0.6 is 0 Å². The number of hydrogen-bond acceptors (Lipinski definition) is 3. The first-order chi connectivity index (χ1) is 11.1. The van der Waals surface area contributed by atoms with Crippen LogP contribution < -0.4 is 5.32 Å². The van der Waals surface area contributed by atoms with Gasteiger partial charge in [0.2, 0.25) is 5.91 Å². The van der Waals surface area contributed by atoms with Crippen LogP contribution in [0.25, 0.3) is 0 Å². The maximum Gasteiger partial charge on any atom is 0.409 e. The van der Waals surface area contributed by atoms with Gasteiger partial charge in [-0.2, -0.15) is 0 Å². The zero-order chi connectivity index (χ0) is 16.7. The smallest absolute Gasteiger partial charge is 0.409 e. The number of nitrogens with one attached hydrogen (secondary N) is 1. The normalized spacial score (nSPS) is 15.3. The number of piperidine rings is 1. The molecule has 5 nitrogen and oxygen atoms in total. The van der Waals surface area contributed by atoms with E-state index in [9.17, 15) is 14.0 Å². The number of likely N-dealkylation sites (tertiary alicyclic amines) is 1. The molecule has 1 aromatic rings. The number of carbonyl (C=O) groups is 2. The molecule has 1 aromatic carbocycles. The largest absolute Gasteiger partial charge is 0.450 e. The van der Waals surface area contributed by atoms with E-state index in [1.54, 1.807) is 24.0 Å². The second kappa shape index (κ2) is 8.50. The third kappa shape index (κ3) is 5.54. The first-order valence-electron chi connectivity index (χ1n) is 8.04. The quantitative estimate of drug-likeness (QED) is 0.906. The van der Waals surface area contributed by atoms with Crippen LogP contribution in [0.3, 0.4) is 0 Å². The van der Waals surface area contributed by atoms with Crippen molar-refractivity contribution < 1.29 is 18.7 Å². The van der Waals surface area contributed by atoms with Gasteiger partial charge >= 0.3 is 6.09 Å². The molecule has 0 spiro atoms. The highest BCUT2D eigenvalue weighted by Gasteiger charge is 2.24. The summed E-state index contributed by atoms with van der Waals surface area (Å²) in [6.45, 7) is 3.36. The topological polar surface area (TPSA) is 58.6 Å². The summed E-state index contributed by atoms with van der Waals surface area (Å²) in [5, 5.41) is 3.00. The van der Waals surface area contributed by atoms with Crippen LogP contribution in [0.5, 0.6) is 0 Å². The second-order valence-electron chi connectivity index (χ2n) is 5.65. The van der Waals surface area contributed by atoms with E-state index in [4.69, 9.17) is 4.74 Å². The maximum absolute atomic E-state index is 12.8. The highest BCUT2D eigenvalue weighted by Crippen LogP contribution is 2.12. The average molecular weight is 322 g/mol. The summed E-state index contributed by atoms with van der Waals surface area (Å²) in [6, 6.07) is 6.29. The molecule has 1 fully saturated rings. The highest BCUT2D eigenvalue weighted by molar-refractivity contribution is 5.76. The molecule has 126 valence electrons. The molecular weight excluding hydrogens is 299 g/mol. The van der Waals surface area contributed by atoms with E-state index in [2.05, 4.69) is 5.32 Å². The van der Waals surface area contributed by atoms with Crippen molar-refractivity contribution in [2.24, 2.45) is 0 Å². The fraction of sp³-hybridized carbons (Fsp3) is 0.529. The number of aryl methyl sites for hydroxylation is 1. The van der Waals surface area contributed by atoms with Crippen LogP contribution in [0.2, 0.25) is 0 Å². The van der Waals surface area contributed by atoms with Crippen LogP contribution in [0.1, 0.15) is 31.7 Å². The molecule has 0 saturated carbocycles. The lowest BCUT2D eigenvalue weighted by Crippen LogP contribution is -2.46. The van der Waals surface area contributed by atoms with Crippen LogP contribution in [-0.2, 0) is 16.0 Å². The number of ether oxygens (including phenoxy) is 1. The third-order valence-electron chi connectivity index (χ3n) is 3.94. The molecule has 1 N–H and O–H groups in total. The highest BCUT2D eigenvalue weighted by atomic mass is 19.1. The molecule has 1 aliphatic heterocycles. The van der Waals surface area contributed by atoms with E-state index < -0.39 is 0 Å². The summed E-state index contributed by atoms with van der Waals surface area (Å²) >= 11 is 0. The molecule has 0 unspecified atom stereocenters. The molecule has 0 atom stereocenters. The summed E-state index contributed by atoms with van der Waals surface area (Å²) in [5.74, 6) is -0.282. The van der Waals surface area contributed by atoms with E-state index >= 15 is 0 Å². The minimum Gasteiger partial charge on any atom is -0.450 e. The van der Waals surface area contributed by atoms with Crippen LogP contribution in [-0.4, -0.2) is 42.6 Å². The Balaban J connectivity index is 1.68. The van der Waals surface area contributed by atoms with E-state index in [1.807, 2.05) is 0 Å². The molecule has 0 aliphatic carbocycles. The fourth-order valence-electron chi connectivity index (χ4n) is 2.63. The van der Waals surface area contributed by atoms with Gasteiger partial charge < -0.3 is 15.0 Å². The summed E-state index contributed by atoms with van der Waals surface area (Å²) in [6.07, 6.45) is 2.16. The monoisotopic (exact) mass is 322 g/mol. The number of rotatable bonds is 5. The Kier molecular flexibility index (Phi) is 6.38. The lowest BCUT2D eigenvalue weighted by atomic mass is 10.0. The number of benzene rings is 1. The molecular formula is C17H23FN2O3. The number of amides is 2. The first-order valence-corrected chi connectivity index (χ1v) is 8.04. The Morgan fingerprint density at radius 3 is 2.52 bits per heavy atom. The lowest BCUT2D eigenvalue weighted by molar-refractivity contribution is -0.122. The maximum atomic E-state index is 12.8. The SMILES string of the molecule is CCOC(=O)N1CCC(NC(=O)CCc2ccc(F)cc2)CC1. The summed E-state index contributed by atoms with van der Waals surface area (Å²) in [7, 11) is 0. The number of hydrogen-bond donors (Lipinski definition) is 1. The molecule has 1 saturated heterocycles. The second-order valence-corrected chi connectivity index (χ2v) is 5.65. The van der Waals surface area contributed by atoms with Gasteiger partial charge in [0.05, 0.1) is 6.61 Å². The molecule has 1 heterocycles. The van der Waals surface area contributed by atoms with Crippen LogP contribution in [0, 0.1) is 5.82 Å². The molecule has 2 amide bonds. The van der Waals surface area contributed by atoms with E-state index in [0.29, 0.717) is 32.5 Å². The molecule has 0 radical (unpaired) electrons. The van der Waals surface area contributed by atoms with Crippen molar-refractivity contribution in [3.63, 3.8) is 0 Å². The Morgan fingerprint density at radius 1 is 1.26 bits per heavy atom. The van der Waals surface area contributed by atoms with Gasteiger partial charge in [0.1, 0.15) is 5.82 Å². The van der Waals surface area contributed by atoms with Gasteiger partial charge in [0.25, 0.3) is 0 Å². The number of halogens is 1. The lowest BCUT2D eigenvalue weighted by Gasteiger charge is -2.31. The first kappa shape index (κ1) is 17.2. The van der Waals surface area contributed by atoms with Gasteiger partial charge in [-0.05, 0) is 43.9 Å². The Bertz CT molecular complexity index is 525. The molecule has 0 bridgehead atoms. The predicted octanol–water partition coefficient (Wildman–Crippen LogP) is 2.50. The minimum atomic E-state index is -0.284. The summed E-state index contributed by atoms with van der Waals surface area (Å²) in [4.78, 5) is 25.3. The minimum absolute atomic E-state index is 0.0103. The Hall–Kier alpha value is -2.11. The molecule has 0 aromatic heterocycles. The van der Waals surface area contributed by atoms with Crippen molar-refractivity contribution >= 4 is 12.0 Å². The summed E-state index contributed by atoms with van der Waals surface area (Å²) < 4.78 is 17.8. The van der Waals surface area contributed by atoms with Crippen molar-refractivity contribution in [1.29, 1.82) is 0 Å². The molecule has 2 rings (SSSR count).